The van der Waals surface area contributed by atoms with Gasteiger partial charge in [0.25, 0.3) is 0 Å². The third-order valence-electron chi connectivity index (χ3n) is 6.30. The Hall–Kier alpha value is -2.80. The fourth-order valence-corrected chi connectivity index (χ4v) is 4.59. The molecule has 0 radical (unpaired) electrons. The lowest BCUT2D eigenvalue weighted by Gasteiger charge is -2.34. The monoisotopic (exact) mass is 444 g/mol. The van der Waals surface area contributed by atoms with E-state index in [1.165, 1.54) is 47.8 Å². The molecule has 1 aliphatic carbocycles. The van der Waals surface area contributed by atoms with Crippen LogP contribution in [0.15, 0.2) is 29.3 Å². The number of nitrogens with one attached hydrogen (secondary N) is 2. The van der Waals surface area contributed by atoms with Crippen LogP contribution < -0.4 is 10.1 Å². The summed E-state index contributed by atoms with van der Waals surface area (Å²) < 4.78 is 5.39. The van der Waals surface area contributed by atoms with E-state index in [2.05, 4.69) is 50.1 Å². The van der Waals surface area contributed by atoms with Gasteiger partial charge in [0, 0.05) is 16.6 Å². The minimum atomic E-state index is -1.82. The number of benzene rings is 1. The molecule has 0 spiro atoms. The van der Waals surface area contributed by atoms with Gasteiger partial charge in [0.2, 0.25) is 0 Å². The standard InChI is InChI=1S/C23H34N2O.C2H2O4/c1-16-7-6-12-23(3,4)21(16)11-14-24-13-10-19-17(2)25-22-9-8-18(26-5)15-20(19)22;3-1(4)2(5)6/h8-9,15,24-25H,6-7,10-14H2,1-5H3;(H,3,4)(H,5,6). The van der Waals surface area contributed by atoms with Gasteiger partial charge in [-0.3, -0.25) is 0 Å². The zero-order valence-corrected chi connectivity index (χ0v) is 19.8. The molecule has 32 heavy (non-hydrogen) atoms. The Labute approximate surface area is 189 Å². The van der Waals surface area contributed by atoms with Crippen molar-refractivity contribution >= 4 is 22.8 Å². The predicted octanol–water partition coefficient (Wildman–Crippen LogP) is 4.69. The van der Waals surface area contributed by atoms with Crippen LogP contribution in [0.4, 0.5) is 0 Å². The normalized spacial score (nSPS) is 15.3. The molecule has 0 saturated carbocycles. The second-order valence-electron chi connectivity index (χ2n) is 9.00. The number of methoxy groups -OCH3 is 1. The Bertz CT molecular complexity index is 976. The van der Waals surface area contributed by atoms with E-state index in [4.69, 9.17) is 24.5 Å². The van der Waals surface area contributed by atoms with Crippen molar-refractivity contribution in [3.05, 3.63) is 40.6 Å². The fourth-order valence-electron chi connectivity index (χ4n) is 4.59. The average Bonchev–Trinajstić information content (AvgIpc) is 3.04. The molecule has 0 aliphatic heterocycles. The summed E-state index contributed by atoms with van der Waals surface area (Å²) in [6.07, 6.45) is 6.18. The quantitative estimate of drug-likeness (QED) is 0.280. The zero-order chi connectivity index (χ0) is 23.9. The van der Waals surface area contributed by atoms with Crippen molar-refractivity contribution in [2.24, 2.45) is 5.41 Å². The van der Waals surface area contributed by atoms with Crippen molar-refractivity contribution in [3.8, 4) is 5.75 Å². The molecular weight excluding hydrogens is 408 g/mol. The maximum atomic E-state index is 9.10. The molecule has 1 aromatic carbocycles. The van der Waals surface area contributed by atoms with Crippen molar-refractivity contribution in [2.75, 3.05) is 20.2 Å². The number of rotatable bonds is 7. The van der Waals surface area contributed by atoms with Gasteiger partial charge in [0.15, 0.2) is 0 Å². The summed E-state index contributed by atoms with van der Waals surface area (Å²) in [5, 5.41) is 19.7. The number of aryl methyl sites for hydroxylation is 1. The summed E-state index contributed by atoms with van der Waals surface area (Å²) in [5.41, 5.74) is 7.56. The molecule has 4 N–H and O–H groups in total. The van der Waals surface area contributed by atoms with E-state index in [0.717, 1.165) is 25.3 Å². The SMILES string of the molecule is COc1ccc2[nH]c(C)c(CCNCCC3=C(C)CCCC3(C)C)c2c1.O=C(O)C(=O)O. The molecule has 0 saturated heterocycles. The van der Waals surface area contributed by atoms with Crippen molar-refractivity contribution in [1.82, 2.24) is 10.3 Å². The second kappa shape index (κ2) is 11.2. The van der Waals surface area contributed by atoms with E-state index in [-0.39, 0.29) is 0 Å². The van der Waals surface area contributed by atoms with E-state index in [0.29, 0.717) is 5.41 Å². The number of allylic oxidation sites excluding steroid dienone is 1. The van der Waals surface area contributed by atoms with E-state index in [9.17, 15) is 0 Å². The van der Waals surface area contributed by atoms with Gasteiger partial charge in [0.05, 0.1) is 7.11 Å². The van der Waals surface area contributed by atoms with Crippen molar-refractivity contribution in [2.45, 2.75) is 59.8 Å². The van der Waals surface area contributed by atoms with E-state index >= 15 is 0 Å². The molecule has 1 aliphatic rings. The van der Waals surface area contributed by atoms with Crippen LogP contribution in [-0.4, -0.2) is 47.3 Å². The number of aromatic nitrogens is 1. The number of hydrogen-bond acceptors (Lipinski definition) is 4. The molecule has 0 unspecified atom stereocenters. The Morgan fingerprint density at radius 2 is 1.78 bits per heavy atom. The van der Waals surface area contributed by atoms with Gasteiger partial charge >= 0.3 is 11.9 Å². The van der Waals surface area contributed by atoms with Crippen LogP contribution in [0.25, 0.3) is 10.9 Å². The highest BCUT2D eigenvalue weighted by atomic mass is 16.5. The minimum absolute atomic E-state index is 0.383. The second-order valence-corrected chi connectivity index (χ2v) is 9.00. The van der Waals surface area contributed by atoms with Crippen LogP contribution in [-0.2, 0) is 16.0 Å². The summed E-state index contributed by atoms with van der Waals surface area (Å²) in [7, 11) is 1.73. The molecule has 3 rings (SSSR count). The van der Waals surface area contributed by atoms with E-state index < -0.39 is 11.9 Å². The van der Waals surface area contributed by atoms with Crippen LogP contribution in [0.2, 0.25) is 0 Å². The fraction of sp³-hybridized carbons (Fsp3) is 0.520. The van der Waals surface area contributed by atoms with Gasteiger partial charge in [-0.05, 0) is 88.2 Å². The highest BCUT2D eigenvalue weighted by molar-refractivity contribution is 6.27. The smallest absolute Gasteiger partial charge is 0.414 e. The summed E-state index contributed by atoms with van der Waals surface area (Å²) >= 11 is 0. The van der Waals surface area contributed by atoms with Crippen LogP contribution >= 0.6 is 0 Å². The van der Waals surface area contributed by atoms with Crippen LogP contribution in [0, 0.1) is 12.3 Å². The van der Waals surface area contributed by atoms with Gasteiger partial charge < -0.3 is 25.3 Å². The lowest BCUT2D eigenvalue weighted by atomic mass is 9.71. The van der Waals surface area contributed by atoms with Crippen LogP contribution in [0.5, 0.6) is 5.75 Å². The van der Waals surface area contributed by atoms with Gasteiger partial charge in [0.1, 0.15) is 5.75 Å². The Morgan fingerprint density at radius 3 is 2.38 bits per heavy atom. The third-order valence-corrected chi connectivity index (χ3v) is 6.30. The molecule has 2 aromatic rings. The largest absolute Gasteiger partial charge is 0.497 e. The zero-order valence-electron chi connectivity index (χ0n) is 19.8. The number of fused-ring (bicyclic) bond motifs is 1. The molecule has 1 aromatic heterocycles. The van der Waals surface area contributed by atoms with Gasteiger partial charge in [-0.15, -0.1) is 0 Å². The molecule has 0 bridgehead atoms. The highest BCUT2D eigenvalue weighted by Gasteiger charge is 2.27. The summed E-state index contributed by atoms with van der Waals surface area (Å²) in [6, 6.07) is 6.27. The first-order valence-electron chi connectivity index (χ1n) is 11.1. The molecule has 0 amide bonds. The molecule has 0 atom stereocenters. The molecule has 7 heteroatoms. The summed E-state index contributed by atoms with van der Waals surface area (Å²) in [5.74, 6) is -2.72. The number of H-pyrrole nitrogens is 1. The van der Waals surface area contributed by atoms with Gasteiger partial charge in [-0.25, -0.2) is 9.59 Å². The lowest BCUT2D eigenvalue weighted by Crippen LogP contribution is -2.25. The van der Waals surface area contributed by atoms with E-state index in [1.54, 1.807) is 18.3 Å². The maximum absolute atomic E-state index is 9.10. The first kappa shape index (κ1) is 25.5. The Balaban J connectivity index is 0.000000534. The molecule has 1 heterocycles. The Morgan fingerprint density at radius 1 is 1.12 bits per heavy atom. The third kappa shape index (κ3) is 6.60. The molecule has 176 valence electrons. The average molecular weight is 445 g/mol. The highest BCUT2D eigenvalue weighted by Crippen LogP contribution is 2.41. The molecule has 7 nitrogen and oxygen atoms in total. The predicted molar refractivity (Wildman–Crippen MR) is 126 cm³/mol. The Kier molecular flexibility index (Phi) is 8.89. The topological polar surface area (TPSA) is 112 Å². The summed E-state index contributed by atoms with van der Waals surface area (Å²) in [4.78, 5) is 21.7. The van der Waals surface area contributed by atoms with Gasteiger partial charge in [-0.1, -0.05) is 25.0 Å². The number of carboxylic acid groups (broad SMARTS) is 2. The van der Waals surface area contributed by atoms with Crippen molar-refractivity contribution < 1.29 is 24.5 Å². The number of hydrogen-bond donors (Lipinski definition) is 4. The maximum Gasteiger partial charge on any atom is 0.414 e. The summed E-state index contributed by atoms with van der Waals surface area (Å²) in [6.45, 7) is 11.4. The lowest BCUT2D eigenvalue weighted by molar-refractivity contribution is -0.159. The molecule has 0 fully saturated rings. The number of aromatic amines is 1. The number of carbonyl (C=O) groups is 2. The van der Waals surface area contributed by atoms with Crippen molar-refractivity contribution in [3.63, 3.8) is 0 Å². The number of ether oxygens (including phenoxy) is 1. The van der Waals surface area contributed by atoms with Gasteiger partial charge in [-0.2, -0.15) is 0 Å². The minimum Gasteiger partial charge on any atom is -0.497 e. The van der Waals surface area contributed by atoms with Crippen molar-refractivity contribution in [1.29, 1.82) is 0 Å². The molecular formula is C25H36N2O5. The van der Waals surface area contributed by atoms with Crippen LogP contribution in [0.3, 0.4) is 0 Å². The first-order valence-corrected chi connectivity index (χ1v) is 11.1. The van der Waals surface area contributed by atoms with Crippen LogP contribution in [0.1, 0.15) is 57.7 Å². The number of aliphatic carboxylic acids is 2. The first-order chi connectivity index (χ1) is 15.1. The number of carboxylic acids is 2. The van der Waals surface area contributed by atoms with E-state index in [1.807, 2.05) is 6.07 Å².